The smallest absolute Gasteiger partial charge is 0.127 e. The van der Waals surface area contributed by atoms with Gasteiger partial charge in [0.1, 0.15) is 5.82 Å². The van der Waals surface area contributed by atoms with Gasteiger partial charge in [-0.1, -0.05) is 6.92 Å². The zero-order chi connectivity index (χ0) is 10.6. The Balaban J connectivity index is 2.83. The molecular weight excluding hydrogens is 174 g/mol. The maximum atomic E-state index is 4.19. The molecule has 14 heavy (non-hydrogen) atoms. The highest BCUT2D eigenvalue weighted by Crippen LogP contribution is 2.18. The highest BCUT2D eigenvalue weighted by molar-refractivity contribution is 5.53. The highest BCUT2D eigenvalue weighted by atomic mass is 15.1. The minimum Gasteiger partial charge on any atom is -0.373 e. The normalized spacial score (nSPS) is 12.3. The van der Waals surface area contributed by atoms with Crippen LogP contribution in [-0.2, 0) is 0 Å². The number of rotatable bonds is 4. The Morgan fingerprint density at radius 2 is 2.29 bits per heavy atom. The summed E-state index contributed by atoms with van der Waals surface area (Å²) >= 11 is 0. The molecule has 1 atom stereocenters. The summed E-state index contributed by atoms with van der Waals surface area (Å²) in [6.45, 7) is 4.42. The van der Waals surface area contributed by atoms with E-state index >= 15 is 0 Å². The summed E-state index contributed by atoms with van der Waals surface area (Å²) in [6.07, 6.45) is 2.98. The fraction of sp³-hybridized carbons (Fsp3) is 0.545. The van der Waals surface area contributed by atoms with Crippen molar-refractivity contribution in [1.29, 1.82) is 0 Å². The molecule has 1 aromatic rings. The molecule has 1 unspecified atom stereocenters. The van der Waals surface area contributed by atoms with E-state index in [1.807, 2.05) is 19.3 Å². The van der Waals surface area contributed by atoms with Crippen molar-refractivity contribution in [2.45, 2.75) is 26.3 Å². The van der Waals surface area contributed by atoms with Crippen LogP contribution in [-0.4, -0.2) is 25.1 Å². The second-order valence-electron chi connectivity index (χ2n) is 3.52. The minimum absolute atomic E-state index is 0.558. The quantitative estimate of drug-likeness (QED) is 0.795. The van der Waals surface area contributed by atoms with Gasteiger partial charge in [0.05, 0.1) is 0 Å². The van der Waals surface area contributed by atoms with E-state index < -0.39 is 0 Å². The molecule has 1 rings (SSSR count). The minimum atomic E-state index is 0.558. The first-order chi connectivity index (χ1) is 6.69. The van der Waals surface area contributed by atoms with Gasteiger partial charge in [0, 0.05) is 38.1 Å². The Labute approximate surface area is 86.2 Å². The van der Waals surface area contributed by atoms with Crippen molar-refractivity contribution in [2.75, 3.05) is 24.3 Å². The second-order valence-corrected chi connectivity index (χ2v) is 3.52. The Bertz CT molecular complexity index is 286. The fourth-order valence-electron chi connectivity index (χ4n) is 1.30. The molecule has 3 nitrogen and oxygen atoms in total. The maximum absolute atomic E-state index is 4.19. The third-order valence-electron chi connectivity index (χ3n) is 2.66. The van der Waals surface area contributed by atoms with Gasteiger partial charge in [-0.2, -0.15) is 0 Å². The van der Waals surface area contributed by atoms with Gasteiger partial charge >= 0.3 is 0 Å². The molecule has 0 saturated heterocycles. The molecule has 0 aromatic carbocycles. The summed E-state index contributed by atoms with van der Waals surface area (Å²) in [4.78, 5) is 6.45. The molecule has 0 fully saturated rings. The highest BCUT2D eigenvalue weighted by Gasteiger charge is 2.07. The van der Waals surface area contributed by atoms with Crippen molar-refractivity contribution in [1.82, 2.24) is 4.98 Å². The Hall–Kier alpha value is -1.25. The molecule has 0 aliphatic carbocycles. The Kier molecular flexibility index (Phi) is 3.74. The molecule has 1 N–H and O–H groups in total. The van der Waals surface area contributed by atoms with Crippen LogP contribution >= 0.6 is 0 Å². The number of aromatic nitrogens is 1. The second kappa shape index (κ2) is 4.84. The predicted octanol–water partition coefficient (Wildman–Crippen LogP) is 2.36. The third-order valence-corrected chi connectivity index (χ3v) is 2.66. The largest absolute Gasteiger partial charge is 0.373 e. The molecule has 0 radical (unpaired) electrons. The van der Waals surface area contributed by atoms with Gasteiger partial charge in [-0.05, 0) is 19.4 Å². The molecule has 78 valence electrons. The van der Waals surface area contributed by atoms with Gasteiger partial charge in [0.15, 0.2) is 0 Å². The molecule has 0 spiro atoms. The van der Waals surface area contributed by atoms with Crippen LogP contribution in [0.5, 0.6) is 0 Å². The number of nitrogens with zero attached hydrogens (tertiary/aromatic N) is 2. The lowest BCUT2D eigenvalue weighted by atomic mass is 10.2. The topological polar surface area (TPSA) is 28.2 Å². The number of anilines is 2. The first kappa shape index (κ1) is 10.8. The molecule has 0 saturated carbocycles. The summed E-state index contributed by atoms with van der Waals surface area (Å²) in [5.41, 5.74) is 1.21. The number of hydrogen-bond donors (Lipinski definition) is 1. The van der Waals surface area contributed by atoms with Crippen molar-refractivity contribution in [2.24, 2.45) is 0 Å². The maximum Gasteiger partial charge on any atom is 0.127 e. The lowest BCUT2D eigenvalue weighted by Crippen LogP contribution is -2.27. The van der Waals surface area contributed by atoms with Gasteiger partial charge in [0.25, 0.3) is 0 Å². The van der Waals surface area contributed by atoms with E-state index in [1.54, 1.807) is 0 Å². The van der Waals surface area contributed by atoms with E-state index in [4.69, 9.17) is 0 Å². The van der Waals surface area contributed by atoms with E-state index in [9.17, 15) is 0 Å². The van der Waals surface area contributed by atoms with E-state index in [2.05, 4.69) is 42.2 Å². The van der Waals surface area contributed by atoms with Gasteiger partial charge in [0.2, 0.25) is 0 Å². The lowest BCUT2D eigenvalue weighted by molar-refractivity contribution is 0.663. The standard InChI is InChI=1S/C11H19N3/c1-5-9(2)14(4)10-6-7-13-11(8-10)12-3/h6-9H,5H2,1-4H3,(H,12,13). The van der Waals surface area contributed by atoms with Crippen molar-refractivity contribution in [3.63, 3.8) is 0 Å². The third kappa shape index (κ3) is 2.37. The zero-order valence-corrected chi connectivity index (χ0v) is 9.41. The first-order valence-electron chi connectivity index (χ1n) is 5.05. The van der Waals surface area contributed by atoms with Crippen molar-refractivity contribution < 1.29 is 0 Å². The van der Waals surface area contributed by atoms with Gasteiger partial charge in [-0.15, -0.1) is 0 Å². The lowest BCUT2D eigenvalue weighted by Gasteiger charge is -2.26. The molecule has 0 amide bonds. The number of hydrogen-bond acceptors (Lipinski definition) is 3. The summed E-state index contributed by atoms with van der Waals surface area (Å²) in [7, 11) is 4.00. The van der Waals surface area contributed by atoms with Crippen LogP contribution in [0.2, 0.25) is 0 Å². The first-order valence-corrected chi connectivity index (χ1v) is 5.05. The van der Waals surface area contributed by atoms with E-state index in [0.717, 1.165) is 12.2 Å². The predicted molar refractivity (Wildman–Crippen MR) is 61.9 cm³/mol. The van der Waals surface area contributed by atoms with Crippen LogP contribution in [0.25, 0.3) is 0 Å². The van der Waals surface area contributed by atoms with Crippen molar-refractivity contribution >= 4 is 11.5 Å². The molecule has 1 heterocycles. The summed E-state index contributed by atoms with van der Waals surface area (Å²) in [5, 5.41) is 3.04. The average molecular weight is 193 g/mol. The molecule has 1 aromatic heterocycles. The van der Waals surface area contributed by atoms with Crippen LogP contribution in [0.15, 0.2) is 18.3 Å². The number of pyridine rings is 1. The van der Waals surface area contributed by atoms with E-state index in [-0.39, 0.29) is 0 Å². The van der Waals surface area contributed by atoms with Crippen molar-refractivity contribution in [3.05, 3.63) is 18.3 Å². The van der Waals surface area contributed by atoms with Gasteiger partial charge in [-0.25, -0.2) is 4.98 Å². The van der Waals surface area contributed by atoms with E-state index in [0.29, 0.717) is 6.04 Å². The summed E-state index contributed by atoms with van der Waals surface area (Å²) in [6, 6.07) is 4.65. The molecule has 3 heteroatoms. The molecular formula is C11H19N3. The molecule has 0 aliphatic heterocycles. The fourth-order valence-corrected chi connectivity index (χ4v) is 1.30. The molecule has 0 aliphatic rings. The van der Waals surface area contributed by atoms with Gasteiger partial charge in [-0.3, -0.25) is 0 Å². The number of nitrogens with one attached hydrogen (secondary N) is 1. The van der Waals surface area contributed by atoms with Crippen LogP contribution in [0.4, 0.5) is 11.5 Å². The van der Waals surface area contributed by atoms with Crippen molar-refractivity contribution in [3.8, 4) is 0 Å². The average Bonchev–Trinajstić information content (AvgIpc) is 2.27. The van der Waals surface area contributed by atoms with E-state index in [1.165, 1.54) is 5.69 Å². The summed E-state index contributed by atoms with van der Waals surface area (Å²) < 4.78 is 0. The Morgan fingerprint density at radius 1 is 1.57 bits per heavy atom. The zero-order valence-electron chi connectivity index (χ0n) is 9.41. The van der Waals surface area contributed by atoms with Crippen LogP contribution in [0, 0.1) is 0 Å². The SMILES string of the molecule is CCC(C)N(C)c1ccnc(NC)c1. The Morgan fingerprint density at radius 3 is 2.86 bits per heavy atom. The summed E-state index contributed by atoms with van der Waals surface area (Å²) in [5.74, 6) is 0.914. The van der Waals surface area contributed by atoms with Gasteiger partial charge < -0.3 is 10.2 Å². The van der Waals surface area contributed by atoms with Crippen LogP contribution < -0.4 is 10.2 Å². The van der Waals surface area contributed by atoms with Crippen LogP contribution in [0.3, 0.4) is 0 Å². The van der Waals surface area contributed by atoms with Crippen LogP contribution in [0.1, 0.15) is 20.3 Å². The molecule has 0 bridgehead atoms. The monoisotopic (exact) mass is 193 g/mol.